The van der Waals surface area contributed by atoms with E-state index in [4.69, 9.17) is 0 Å². The van der Waals surface area contributed by atoms with Crippen LogP contribution in [0.1, 0.15) is 19.4 Å². The molecule has 0 unspecified atom stereocenters. The van der Waals surface area contributed by atoms with Gasteiger partial charge in [0.25, 0.3) is 0 Å². The number of aliphatic imine (C=N–C) groups is 1. The average Bonchev–Trinajstić information content (AvgIpc) is 2.44. The zero-order chi connectivity index (χ0) is 14.8. The van der Waals surface area contributed by atoms with E-state index in [1.54, 1.807) is 0 Å². The summed E-state index contributed by atoms with van der Waals surface area (Å²) in [5.74, 6) is 0.679. The molecule has 1 amide bonds. The minimum absolute atomic E-state index is 0.0592. The van der Waals surface area contributed by atoms with Crippen LogP contribution in [0.15, 0.2) is 35.3 Å². The van der Waals surface area contributed by atoms with Crippen LogP contribution >= 0.6 is 0 Å². The van der Waals surface area contributed by atoms with E-state index in [0.29, 0.717) is 6.54 Å². The van der Waals surface area contributed by atoms with Crippen molar-refractivity contribution in [3.63, 3.8) is 0 Å². The number of carbonyl (C=O) groups excluding carboxylic acids is 1. The lowest BCUT2D eigenvalue weighted by molar-refractivity contribution is -0.119. The smallest absolute Gasteiger partial charge is 0.241 e. The summed E-state index contributed by atoms with van der Waals surface area (Å²) in [6.45, 7) is 6.21. The van der Waals surface area contributed by atoms with Gasteiger partial charge in [-0.3, -0.25) is 4.79 Å². The number of benzene rings is 1. The fourth-order valence-corrected chi connectivity index (χ4v) is 1.80. The van der Waals surface area contributed by atoms with Gasteiger partial charge in [-0.25, -0.2) is 4.99 Å². The highest BCUT2D eigenvalue weighted by atomic mass is 16.1. The topological polar surface area (TPSA) is 56.7 Å². The van der Waals surface area contributed by atoms with Crippen LogP contribution in [0, 0.1) is 0 Å². The predicted molar refractivity (Wildman–Crippen MR) is 82.6 cm³/mol. The van der Waals surface area contributed by atoms with E-state index in [1.807, 2.05) is 44.0 Å². The highest BCUT2D eigenvalue weighted by Crippen LogP contribution is 2.02. The van der Waals surface area contributed by atoms with Crippen molar-refractivity contribution in [3.05, 3.63) is 35.9 Å². The normalized spacial score (nSPS) is 11.1. The monoisotopic (exact) mass is 276 g/mol. The van der Waals surface area contributed by atoms with Gasteiger partial charge in [0, 0.05) is 26.7 Å². The van der Waals surface area contributed by atoms with E-state index >= 15 is 0 Å². The van der Waals surface area contributed by atoms with E-state index < -0.39 is 0 Å². The van der Waals surface area contributed by atoms with E-state index in [0.717, 1.165) is 19.0 Å². The second kappa shape index (κ2) is 8.96. The minimum Gasteiger partial charge on any atom is -0.357 e. The number of nitrogens with one attached hydrogen (secondary N) is 2. The third kappa shape index (κ3) is 5.73. The standard InChI is InChI=1S/C15H24N4O/c1-4-16-14(20)11-18-15(17-5-2)19(3)12-13-9-7-6-8-10-13/h6-10H,4-5,11-12H2,1-3H3,(H,16,20)(H,17,18). The average molecular weight is 276 g/mol. The maximum atomic E-state index is 11.5. The molecule has 20 heavy (non-hydrogen) atoms. The maximum absolute atomic E-state index is 11.5. The van der Waals surface area contributed by atoms with Gasteiger partial charge in [-0.2, -0.15) is 0 Å². The number of hydrogen-bond donors (Lipinski definition) is 2. The lowest BCUT2D eigenvalue weighted by atomic mass is 10.2. The highest BCUT2D eigenvalue weighted by molar-refractivity contribution is 5.84. The Morgan fingerprint density at radius 2 is 1.80 bits per heavy atom. The quantitative estimate of drug-likeness (QED) is 0.607. The van der Waals surface area contributed by atoms with Gasteiger partial charge < -0.3 is 15.5 Å². The van der Waals surface area contributed by atoms with E-state index in [-0.39, 0.29) is 12.5 Å². The van der Waals surface area contributed by atoms with Crippen LogP contribution < -0.4 is 10.6 Å². The fraction of sp³-hybridized carbons (Fsp3) is 0.467. The Morgan fingerprint density at radius 3 is 2.40 bits per heavy atom. The molecule has 0 heterocycles. The number of nitrogens with zero attached hydrogens (tertiary/aromatic N) is 2. The molecule has 0 aliphatic rings. The lowest BCUT2D eigenvalue weighted by Gasteiger charge is -2.22. The van der Waals surface area contributed by atoms with Gasteiger partial charge in [0.05, 0.1) is 0 Å². The molecule has 0 spiro atoms. The zero-order valence-electron chi connectivity index (χ0n) is 12.5. The van der Waals surface area contributed by atoms with Gasteiger partial charge in [0.2, 0.25) is 5.91 Å². The Bertz CT molecular complexity index is 431. The summed E-state index contributed by atoms with van der Waals surface area (Å²) in [5, 5.41) is 5.94. The minimum atomic E-state index is -0.0592. The Balaban J connectivity index is 2.64. The molecule has 110 valence electrons. The number of guanidine groups is 1. The second-order valence-electron chi connectivity index (χ2n) is 4.47. The molecule has 5 heteroatoms. The number of rotatable bonds is 6. The van der Waals surface area contributed by atoms with Gasteiger partial charge in [0.1, 0.15) is 6.54 Å². The van der Waals surface area contributed by atoms with Crippen molar-refractivity contribution < 1.29 is 4.79 Å². The van der Waals surface area contributed by atoms with Crippen molar-refractivity contribution in [2.24, 2.45) is 4.99 Å². The Hall–Kier alpha value is -2.04. The molecule has 0 aromatic heterocycles. The first-order valence-electron chi connectivity index (χ1n) is 6.97. The molecular weight excluding hydrogens is 252 g/mol. The van der Waals surface area contributed by atoms with Crippen molar-refractivity contribution in [2.75, 3.05) is 26.7 Å². The molecule has 5 nitrogen and oxygen atoms in total. The third-order valence-corrected chi connectivity index (χ3v) is 2.71. The summed E-state index contributed by atoms with van der Waals surface area (Å²) in [5.41, 5.74) is 1.21. The first-order valence-corrected chi connectivity index (χ1v) is 6.97. The van der Waals surface area contributed by atoms with Crippen molar-refractivity contribution in [1.82, 2.24) is 15.5 Å². The van der Waals surface area contributed by atoms with Gasteiger partial charge in [0.15, 0.2) is 5.96 Å². The summed E-state index contributed by atoms with van der Waals surface area (Å²) < 4.78 is 0. The fourth-order valence-electron chi connectivity index (χ4n) is 1.80. The molecular formula is C15H24N4O. The molecule has 0 bridgehead atoms. The predicted octanol–water partition coefficient (Wildman–Crippen LogP) is 1.22. The maximum Gasteiger partial charge on any atom is 0.241 e. The van der Waals surface area contributed by atoms with Crippen LogP contribution in [0.2, 0.25) is 0 Å². The van der Waals surface area contributed by atoms with E-state index in [1.165, 1.54) is 5.56 Å². The third-order valence-electron chi connectivity index (χ3n) is 2.71. The molecule has 1 aromatic rings. The first kappa shape index (κ1) is 16.0. The number of carbonyl (C=O) groups is 1. The second-order valence-corrected chi connectivity index (χ2v) is 4.47. The molecule has 0 atom stereocenters. The lowest BCUT2D eigenvalue weighted by Crippen LogP contribution is -2.39. The summed E-state index contributed by atoms with van der Waals surface area (Å²) in [6.07, 6.45) is 0. The van der Waals surface area contributed by atoms with Crippen LogP contribution in [-0.4, -0.2) is 43.4 Å². The van der Waals surface area contributed by atoms with Gasteiger partial charge in [-0.05, 0) is 19.4 Å². The van der Waals surface area contributed by atoms with Crippen LogP contribution in [0.5, 0.6) is 0 Å². The van der Waals surface area contributed by atoms with Crippen molar-refractivity contribution in [1.29, 1.82) is 0 Å². The van der Waals surface area contributed by atoms with Gasteiger partial charge in [-0.1, -0.05) is 30.3 Å². The van der Waals surface area contributed by atoms with Crippen LogP contribution in [0.4, 0.5) is 0 Å². The summed E-state index contributed by atoms with van der Waals surface area (Å²) >= 11 is 0. The Labute approximate surface area is 121 Å². The molecule has 0 aliphatic carbocycles. The van der Waals surface area contributed by atoms with Crippen molar-refractivity contribution in [3.8, 4) is 0 Å². The molecule has 0 saturated carbocycles. The Kier molecular flexibility index (Phi) is 7.17. The highest BCUT2D eigenvalue weighted by Gasteiger charge is 2.07. The van der Waals surface area contributed by atoms with E-state index in [9.17, 15) is 4.79 Å². The molecule has 2 N–H and O–H groups in total. The first-order chi connectivity index (χ1) is 9.67. The molecule has 1 aromatic carbocycles. The molecule has 0 aliphatic heterocycles. The number of likely N-dealkylation sites (N-methyl/N-ethyl adjacent to an activating group) is 1. The summed E-state index contributed by atoms with van der Waals surface area (Å²) in [7, 11) is 1.96. The summed E-state index contributed by atoms with van der Waals surface area (Å²) in [6, 6.07) is 10.2. The molecule has 0 fully saturated rings. The van der Waals surface area contributed by atoms with Crippen molar-refractivity contribution >= 4 is 11.9 Å². The van der Waals surface area contributed by atoms with Crippen LogP contribution in [-0.2, 0) is 11.3 Å². The van der Waals surface area contributed by atoms with Crippen LogP contribution in [0.3, 0.4) is 0 Å². The SMILES string of the molecule is CCNC(=O)CN=C(NCC)N(C)Cc1ccccc1. The Morgan fingerprint density at radius 1 is 1.15 bits per heavy atom. The number of amides is 1. The zero-order valence-corrected chi connectivity index (χ0v) is 12.5. The number of hydrogen-bond acceptors (Lipinski definition) is 2. The van der Waals surface area contributed by atoms with E-state index in [2.05, 4.69) is 27.8 Å². The van der Waals surface area contributed by atoms with Gasteiger partial charge >= 0.3 is 0 Å². The van der Waals surface area contributed by atoms with Gasteiger partial charge in [-0.15, -0.1) is 0 Å². The summed E-state index contributed by atoms with van der Waals surface area (Å²) in [4.78, 5) is 17.8. The van der Waals surface area contributed by atoms with Crippen molar-refractivity contribution in [2.45, 2.75) is 20.4 Å². The molecule has 0 radical (unpaired) electrons. The molecule has 1 rings (SSSR count). The molecule has 0 saturated heterocycles. The van der Waals surface area contributed by atoms with Crippen LogP contribution in [0.25, 0.3) is 0 Å². The largest absolute Gasteiger partial charge is 0.357 e.